The third-order valence-electron chi connectivity index (χ3n) is 8.95. The summed E-state index contributed by atoms with van der Waals surface area (Å²) in [4.78, 5) is 37.8. The number of carbonyl (C=O) groups is 2. The van der Waals surface area contributed by atoms with Crippen LogP contribution in [0.2, 0.25) is 0 Å². The number of benzene rings is 3. The summed E-state index contributed by atoms with van der Waals surface area (Å²) >= 11 is 0. The molecule has 4 rings (SSSR count). The van der Waals surface area contributed by atoms with Crippen LogP contribution in [-0.4, -0.2) is 73.7 Å². The Hall–Kier alpha value is -5.59. The van der Waals surface area contributed by atoms with E-state index in [-0.39, 0.29) is 95.2 Å². The predicted molar refractivity (Wildman–Crippen MR) is 212 cm³/mol. The van der Waals surface area contributed by atoms with E-state index in [1.165, 1.54) is 74.9 Å². The Labute approximate surface area is 328 Å². The summed E-state index contributed by atoms with van der Waals surface area (Å²) in [6.07, 6.45) is 13.3. The molecule has 0 bridgehead atoms. The fourth-order valence-electron chi connectivity index (χ4n) is 5.81. The van der Waals surface area contributed by atoms with Gasteiger partial charge in [-0.15, -0.1) is 0 Å². The average molecular weight is 774 g/mol. The van der Waals surface area contributed by atoms with Gasteiger partial charge in [-0.05, 0) is 49.2 Å². The zero-order valence-corrected chi connectivity index (χ0v) is 32.5. The number of nitrogens with zero attached hydrogens (tertiary/aromatic N) is 3. The van der Waals surface area contributed by atoms with Gasteiger partial charge in [-0.2, -0.15) is 0 Å². The van der Waals surface area contributed by atoms with Crippen LogP contribution in [0.4, 0.5) is 0 Å². The molecule has 0 saturated carbocycles. The molecule has 4 N–H and O–H groups in total. The molecule has 302 valence electrons. The number of hydrogen-bond donors (Lipinski definition) is 4. The smallest absolute Gasteiger partial charge is 0.309 e. The van der Waals surface area contributed by atoms with E-state index in [4.69, 9.17) is 18.9 Å². The minimum atomic E-state index is -0.358. The van der Waals surface area contributed by atoms with Crippen molar-refractivity contribution in [2.24, 2.45) is 0 Å². The van der Waals surface area contributed by atoms with Gasteiger partial charge in [0.25, 0.3) is 0 Å². The average Bonchev–Trinajstić information content (AvgIpc) is 3.17. The van der Waals surface area contributed by atoms with Crippen molar-refractivity contribution in [2.75, 3.05) is 26.4 Å². The summed E-state index contributed by atoms with van der Waals surface area (Å²) in [7, 11) is 0. The number of hydrogen-bond acceptors (Lipinski definition) is 13. The van der Waals surface area contributed by atoms with Gasteiger partial charge in [-0.3, -0.25) is 9.59 Å². The minimum absolute atomic E-state index is 0.000830. The molecule has 0 aliphatic rings. The van der Waals surface area contributed by atoms with Gasteiger partial charge in [0.05, 0.1) is 56.0 Å². The summed E-state index contributed by atoms with van der Waals surface area (Å²) in [5, 5.41) is 42.6. The predicted octanol–water partition coefficient (Wildman–Crippen LogP) is 9.04. The molecule has 1 aromatic heterocycles. The number of aromatic nitrogens is 3. The van der Waals surface area contributed by atoms with E-state index in [2.05, 4.69) is 28.8 Å². The summed E-state index contributed by atoms with van der Waals surface area (Å²) in [6, 6.07) is 12.9. The Morgan fingerprint density at radius 1 is 0.482 bits per heavy atom. The fraction of sp³-hybridized carbons (Fsp3) is 0.465. The first-order chi connectivity index (χ1) is 27.2. The Kier molecular flexibility index (Phi) is 18.0. The molecule has 0 spiro atoms. The van der Waals surface area contributed by atoms with Crippen molar-refractivity contribution in [3.8, 4) is 68.7 Å². The van der Waals surface area contributed by atoms with E-state index in [1.807, 2.05) is 0 Å². The quantitative estimate of drug-likeness (QED) is 0.0369. The van der Waals surface area contributed by atoms with Crippen LogP contribution < -0.4 is 9.47 Å². The van der Waals surface area contributed by atoms with Gasteiger partial charge in [-0.25, -0.2) is 15.0 Å². The van der Waals surface area contributed by atoms with Crippen molar-refractivity contribution in [2.45, 2.75) is 104 Å². The van der Waals surface area contributed by atoms with Gasteiger partial charge >= 0.3 is 11.9 Å². The minimum Gasteiger partial charge on any atom is -0.508 e. The number of unbranched alkanes of at least 4 members (excludes halogenated alkanes) is 10. The van der Waals surface area contributed by atoms with Crippen molar-refractivity contribution >= 4 is 11.9 Å². The fourth-order valence-corrected chi connectivity index (χ4v) is 5.81. The second-order valence-electron chi connectivity index (χ2n) is 13.5. The molecule has 4 aromatic rings. The van der Waals surface area contributed by atoms with Crippen LogP contribution >= 0.6 is 0 Å². The number of carbonyl (C=O) groups excluding carboxylic acids is 2. The highest BCUT2D eigenvalue weighted by atomic mass is 16.5. The molecule has 13 nitrogen and oxygen atoms in total. The second kappa shape index (κ2) is 23.4. The molecular weight excluding hydrogens is 718 g/mol. The molecule has 0 atom stereocenters. The van der Waals surface area contributed by atoms with Crippen molar-refractivity contribution in [3.05, 3.63) is 54.6 Å². The van der Waals surface area contributed by atoms with Gasteiger partial charge in [0, 0.05) is 18.2 Å². The zero-order chi connectivity index (χ0) is 40.1. The highest BCUT2D eigenvalue weighted by Gasteiger charge is 2.19. The van der Waals surface area contributed by atoms with E-state index in [9.17, 15) is 30.0 Å². The molecular formula is C43H55N3O10. The van der Waals surface area contributed by atoms with E-state index in [0.29, 0.717) is 24.7 Å². The third kappa shape index (κ3) is 14.2. The van der Waals surface area contributed by atoms with Crippen LogP contribution in [0, 0.1) is 0 Å². The standard InChI is InChI=1S/C43H55N3O10/c1-3-5-7-9-11-13-23-55-39(51)21-25-53-31-16-19-34(37(49)28-31)42-44-41(33-18-15-30(47)27-36(33)48)45-43(46-42)35-20-17-32(29-38(35)50)54-26-22-40(52)56-24-14-12-10-8-6-4-2/h15-20,27-29,47-50H,3-14,21-26H2,1-2H3. The maximum atomic E-state index is 12.2. The lowest BCUT2D eigenvalue weighted by molar-refractivity contribution is -0.145. The number of aromatic hydroxyl groups is 4. The molecule has 0 unspecified atom stereocenters. The van der Waals surface area contributed by atoms with Crippen LogP contribution in [0.25, 0.3) is 34.2 Å². The Bertz CT molecular complexity index is 1750. The molecule has 0 fully saturated rings. The summed E-state index contributed by atoms with van der Waals surface area (Å²) in [6.45, 7) is 5.20. The number of ether oxygens (including phenoxy) is 4. The second-order valence-corrected chi connectivity index (χ2v) is 13.5. The molecule has 0 amide bonds. The molecule has 0 aliphatic heterocycles. The maximum absolute atomic E-state index is 12.2. The van der Waals surface area contributed by atoms with Crippen LogP contribution in [-0.2, 0) is 19.1 Å². The lowest BCUT2D eigenvalue weighted by Crippen LogP contribution is -2.10. The van der Waals surface area contributed by atoms with E-state index in [1.54, 1.807) is 12.1 Å². The van der Waals surface area contributed by atoms with Crippen LogP contribution in [0.3, 0.4) is 0 Å². The first kappa shape index (κ1) is 43.1. The molecule has 3 aromatic carbocycles. The van der Waals surface area contributed by atoms with Gasteiger partial charge < -0.3 is 39.4 Å². The zero-order valence-electron chi connectivity index (χ0n) is 32.5. The van der Waals surface area contributed by atoms with Crippen LogP contribution in [0.15, 0.2) is 54.6 Å². The number of rotatable bonds is 25. The van der Waals surface area contributed by atoms with Crippen molar-refractivity contribution < 1.29 is 49.0 Å². The molecule has 13 heteroatoms. The van der Waals surface area contributed by atoms with Crippen molar-refractivity contribution in [1.29, 1.82) is 0 Å². The first-order valence-corrected chi connectivity index (χ1v) is 19.7. The van der Waals surface area contributed by atoms with E-state index >= 15 is 0 Å². The lowest BCUT2D eigenvalue weighted by atomic mass is 10.1. The third-order valence-corrected chi connectivity index (χ3v) is 8.95. The van der Waals surface area contributed by atoms with Crippen LogP contribution in [0.1, 0.15) is 104 Å². The number of phenolic OH excluding ortho intramolecular Hbond substituents is 4. The van der Waals surface area contributed by atoms with E-state index < -0.39 is 0 Å². The lowest BCUT2D eigenvalue weighted by Gasteiger charge is -2.13. The van der Waals surface area contributed by atoms with Gasteiger partial charge in [0.15, 0.2) is 17.5 Å². The summed E-state index contributed by atoms with van der Waals surface area (Å²) in [5.41, 5.74) is 0.557. The summed E-state index contributed by atoms with van der Waals surface area (Å²) < 4.78 is 22.0. The normalized spacial score (nSPS) is 11.0. The molecule has 0 saturated heterocycles. The first-order valence-electron chi connectivity index (χ1n) is 19.7. The Balaban J connectivity index is 1.42. The maximum Gasteiger partial charge on any atom is 0.309 e. The molecule has 56 heavy (non-hydrogen) atoms. The van der Waals surface area contributed by atoms with Crippen LogP contribution in [0.5, 0.6) is 34.5 Å². The monoisotopic (exact) mass is 773 g/mol. The number of phenols is 4. The SMILES string of the molecule is CCCCCCCCOC(=O)CCOc1ccc(-c2nc(-c3ccc(O)cc3O)nc(-c3ccc(OCCC(=O)OCCCCCCCC)cc3O)n2)c(O)c1. The van der Waals surface area contributed by atoms with E-state index in [0.717, 1.165) is 44.6 Å². The van der Waals surface area contributed by atoms with Crippen molar-refractivity contribution in [1.82, 2.24) is 15.0 Å². The highest BCUT2D eigenvalue weighted by Crippen LogP contribution is 2.37. The topological polar surface area (TPSA) is 191 Å². The van der Waals surface area contributed by atoms with Gasteiger partial charge in [0.2, 0.25) is 0 Å². The Morgan fingerprint density at radius 3 is 1.25 bits per heavy atom. The van der Waals surface area contributed by atoms with Crippen molar-refractivity contribution in [3.63, 3.8) is 0 Å². The Morgan fingerprint density at radius 2 is 0.857 bits per heavy atom. The largest absolute Gasteiger partial charge is 0.508 e. The molecule has 0 radical (unpaired) electrons. The molecule has 1 heterocycles. The van der Waals surface area contributed by atoms with Gasteiger partial charge in [-0.1, -0.05) is 78.1 Å². The highest BCUT2D eigenvalue weighted by molar-refractivity contribution is 5.75. The summed E-state index contributed by atoms with van der Waals surface area (Å²) in [5.74, 6) is -1.01. The van der Waals surface area contributed by atoms with Gasteiger partial charge in [0.1, 0.15) is 34.5 Å². The number of esters is 2. The molecule has 0 aliphatic carbocycles.